The largest absolute Gasteiger partial charge is 0.455 e. The van der Waals surface area contributed by atoms with Gasteiger partial charge in [0.25, 0.3) is 0 Å². The first-order valence-electron chi connectivity index (χ1n) is 17.1. The number of rotatable bonds is 5. The lowest BCUT2D eigenvalue weighted by molar-refractivity contribution is 0.672. The van der Waals surface area contributed by atoms with E-state index in [-0.39, 0.29) is 0 Å². The second kappa shape index (κ2) is 11.9. The third-order valence-electron chi connectivity index (χ3n) is 9.70. The molecule has 4 nitrogen and oxygen atoms in total. The third-order valence-corrected chi connectivity index (χ3v) is 9.70. The zero-order valence-electron chi connectivity index (χ0n) is 27.5. The zero-order chi connectivity index (χ0) is 33.7. The topological polar surface area (TPSA) is 51.8 Å². The van der Waals surface area contributed by atoms with Crippen LogP contribution in [-0.4, -0.2) is 15.0 Å². The molecule has 3 heterocycles. The summed E-state index contributed by atoms with van der Waals surface area (Å²) < 4.78 is 6.53. The molecule has 0 aliphatic rings. The summed E-state index contributed by atoms with van der Waals surface area (Å²) in [6.07, 6.45) is 0. The number of furan rings is 1. The van der Waals surface area contributed by atoms with Crippen LogP contribution in [0.1, 0.15) is 0 Å². The molecule has 51 heavy (non-hydrogen) atoms. The molecule has 0 saturated heterocycles. The Morgan fingerprint density at radius 3 is 1.63 bits per heavy atom. The van der Waals surface area contributed by atoms with Crippen LogP contribution in [0.25, 0.3) is 99.9 Å². The van der Waals surface area contributed by atoms with Crippen molar-refractivity contribution in [3.63, 3.8) is 0 Å². The van der Waals surface area contributed by atoms with Crippen LogP contribution in [0.5, 0.6) is 0 Å². The van der Waals surface area contributed by atoms with Crippen molar-refractivity contribution < 1.29 is 4.42 Å². The highest BCUT2D eigenvalue weighted by molar-refractivity contribution is 6.22. The molecular formula is C47H29N3O. The Bertz CT molecular complexity index is 2820. The molecule has 0 unspecified atom stereocenters. The van der Waals surface area contributed by atoms with Crippen molar-refractivity contribution in [1.82, 2.24) is 15.0 Å². The maximum absolute atomic E-state index is 6.53. The minimum absolute atomic E-state index is 0.710. The van der Waals surface area contributed by atoms with Gasteiger partial charge in [-0.1, -0.05) is 158 Å². The van der Waals surface area contributed by atoms with Crippen LogP contribution >= 0.6 is 0 Å². The summed E-state index contributed by atoms with van der Waals surface area (Å²) in [7, 11) is 0. The summed E-state index contributed by atoms with van der Waals surface area (Å²) in [5, 5.41) is 5.41. The fourth-order valence-electron chi connectivity index (χ4n) is 7.13. The van der Waals surface area contributed by atoms with Crippen LogP contribution < -0.4 is 0 Å². The number of nitrogens with zero attached hydrogens (tertiary/aromatic N) is 3. The smallest absolute Gasteiger partial charge is 0.160 e. The van der Waals surface area contributed by atoms with E-state index in [2.05, 4.69) is 127 Å². The lowest BCUT2D eigenvalue weighted by Gasteiger charge is -2.11. The molecule has 0 fully saturated rings. The van der Waals surface area contributed by atoms with Crippen molar-refractivity contribution in [2.24, 2.45) is 0 Å². The van der Waals surface area contributed by atoms with Gasteiger partial charge in [0.2, 0.25) is 0 Å². The van der Waals surface area contributed by atoms with Gasteiger partial charge in [-0.25, -0.2) is 15.0 Å². The lowest BCUT2D eigenvalue weighted by atomic mass is 9.97. The minimum atomic E-state index is 0.710. The first-order chi connectivity index (χ1) is 25.3. The average Bonchev–Trinajstić information content (AvgIpc) is 3.61. The molecule has 0 saturated carbocycles. The van der Waals surface area contributed by atoms with E-state index in [1.54, 1.807) is 0 Å². The van der Waals surface area contributed by atoms with Gasteiger partial charge in [0.05, 0.1) is 28.0 Å². The van der Waals surface area contributed by atoms with Gasteiger partial charge in [-0.2, -0.15) is 0 Å². The van der Waals surface area contributed by atoms with E-state index in [1.807, 2.05) is 48.5 Å². The summed E-state index contributed by atoms with van der Waals surface area (Å²) >= 11 is 0. The van der Waals surface area contributed by atoms with E-state index in [0.717, 1.165) is 94.1 Å². The Hall–Kier alpha value is -6.91. The molecule has 0 bridgehead atoms. The molecule has 0 aliphatic heterocycles. The standard InChI is InChI=1S/C47H29N3O/c1-3-12-33(13-4-1)40-29-41(49-47(48-40)36-14-5-2-6-15-36)34-23-19-30(20-24-34)31-21-25-35(26-22-31)44-43-38-17-9-10-18-42(38)51-46(43)39-28-27-32-11-7-8-16-37(32)45(39)50-44/h1-29H. The molecule has 7 aromatic carbocycles. The van der Waals surface area contributed by atoms with Gasteiger partial charge in [0.15, 0.2) is 5.82 Å². The first kappa shape index (κ1) is 29.0. The Labute approximate surface area is 294 Å². The van der Waals surface area contributed by atoms with Gasteiger partial charge in [-0.05, 0) is 34.7 Å². The first-order valence-corrected chi connectivity index (χ1v) is 17.1. The summed E-state index contributed by atoms with van der Waals surface area (Å²) in [4.78, 5) is 15.3. The molecule has 0 amide bonds. The van der Waals surface area contributed by atoms with Crippen LogP contribution in [0.15, 0.2) is 180 Å². The number of benzene rings is 7. The van der Waals surface area contributed by atoms with Crippen molar-refractivity contribution >= 4 is 43.6 Å². The number of pyridine rings is 1. The highest BCUT2D eigenvalue weighted by Crippen LogP contribution is 2.41. The summed E-state index contributed by atoms with van der Waals surface area (Å²) in [5.74, 6) is 0.710. The number of fused-ring (bicyclic) bond motifs is 7. The van der Waals surface area contributed by atoms with Gasteiger partial charge in [-0.15, -0.1) is 0 Å². The van der Waals surface area contributed by atoms with Gasteiger partial charge >= 0.3 is 0 Å². The van der Waals surface area contributed by atoms with E-state index in [1.165, 1.54) is 0 Å². The van der Waals surface area contributed by atoms with E-state index < -0.39 is 0 Å². The number of para-hydroxylation sites is 1. The second-order valence-corrected chi connectivity index (χ2v) is 12.8. The molecule has 0 atom stereocenters. The van der Waals surface area contributed by atoms with E-state index in [4.69, 9.17) is 19.4 Å². The molecule has 0 spiro atoms. The van der Waals surface area contributed by atoms with Gasteiger partial charge in [-0.3, -0.25) is 0 Å². The van der Waals surface area contributed by atoms with Crippen molar-refractivity contribution in [1.29, 1.82) is 0 Å². The molecule has 3 aromatic heterocycles. The molecule has 0 aliphatic carbocycles. The Balaban J connectivity index is 1.04. The molecular weight excluding hydrogens is 623 g/mol. The molecule has 4 heteroatoms. The Morgan fingerprint density at radius 2 is 0.922 bits per heavy atom. The number of hydrogen-bond donors (Lipinski definition) is 0. The van der Waals surface area contributed by atoms with E-state index >= 15 is 0 Å². The van der Waals surface area contributed by atoms with Crippen LogP contribution in [0.3, 0.4) is 0 Å². The Kier molecular flexibility index (Phi) is 6.78. The predicted molar refractivity (Wildman–Crippen MR) is 209 cm³/mol. The van der Waals surface area contributed by atoms with Crippen LogP contribution in [0.4, 0.5) is 0 Å². The maximum atomic E-state index is 6.53. The normalized spacial score (nSPS) is 11.5. The van der Waals surface area contributed by atoms with Crippen molar-refractivity contribution in [3.05, 3.63) is 176 Å². The van der Waals surface area contributed by atoms with Crippen molar-refractivity contribution in [3.8, 4) is 56.3 Å². The molecule has 10 rings (SSSR count). The van der Waals surface area contributed by atoms with Crippen LogP contribution in [0.2, 0.25) is 0 Å². The van der Waals surface area contributed by atoms with Crippen molar-refractivity contribution in [2.75, 3.05) is 0 Å². The fourth-order valence-corrected chi connectivity index (χ4v) is 7.13. The molecule has 0 N–H and O–H groups in total. The SMILES string of the molecule is c1ccc(-c2cc(-c3ccc(-c4ccc(-c5nc6c7ccccc7ccc6c6oc7ccccc7c56)cc4)cc3)nc(-c3ccccc3)n2)cc1. The quantitative estimate of drug-likeness (QED) is 0.174. The van der Waals surface area contributed by atoms with E-state index in [0.29, 0.717) is 5.82 Å². The minimum Gasteiger partial charge on any atom is -0.455 e. The monoisotopic (exact) mass is 651 g/mol. The lowest BCUT2D eigenvalue weighted by Crippen LogP contribution is -1.95. The second-order valence-electron chi connectivity index (χ2n) is 12.8. The van der Waals surface area contributed by atoms with Gasteiger partial charge in [0.1, 0.15) is 11.2 Å². The highest BCUT2D eigenvalue weighted by Gasteiger charge is 2.19. The number of hydrogen-bond acceptors (Lipinski definition) is 4. The van der Waals surface area contributed by atoms with Gasteiger partial charge < -0.3 is 4.42 Å². The number of aromatic nitrogens is 3. The van der Waals surface area contributed by atoms with Gasteiger partial charge in [0, 0.05) is 38.4 Å². The molecule has 238 valence electrons. The molecule has 10 aromatic rings. The maximum Gasteiger partial charge on any atom is 0.160 e. The van der Waals surface area contributed by atoms with Crippen LogP contribution in [0, 0.1) is 0 Å². The average molecular weight is 652 g/mol. The third kappa shape index (κ3) is 5.04. The predicted octanol–water partition coefficient (Wildman–Crippen LogP) is 12.4. The summed E-state index contributed by atoms with van der Waals surface area (Å²) in [6, 6.07) is 60.8. The van der Waals surface area contributed by atoms with E-state index in [9.17, 15) is 0 Å². The van der Waals surface area contributed by atoms with Crippen LogP contribution in [-0.2, 0) is 0 Å². The zero-order valence-corrected chi connectivity index (χ0v) is 27.5. The summed E-state index contributed by atoms with van der Waals surface area (Å²) in [6.45, 7) is 0. The summed E-state index contributed by atoms with van der Waals surface area (Å²) in [5.41, 5.74) is 11.8. The molecule has 0 radical (unpaired) electrons. The highest BCUT2D eigenvalue weighted by atomic mass is 16.3. The fraction of sp³-hybridized carbons (Fsp3) is 0. The van der Waals surface area contributed by atoms with Crippen molar-refractivity contribution in [2.45, 2.75) is 0 Å². The Morgan fingerprint density at radius 1 is 0.373 bits per heavy atom.